The Morgan fingerprint density at radius 3 is 2.15 bits per heavy atom. The van der Waals surface area contributed by atoms with E-state index in [1.165, 1.54) is 0 Å². The Balaban J connectivity index is 1.89. The van der Waals surface area contributed by atoms with Gasteiger partial charge in [-0.2, -0.15) is 0 Å². The number of hydrogen-bond donors (Lipinski definition) is 4. The zero-order valence-electron chi connectivity index (χ0n) is 22.4. The van der Waals surface area contributed by atoms with Crippen LogP contribution in [-0.2, 0) is 14.3 Å². The second-order valence-electron chi connectivity index (χ2n) is 10.2. The van der Waals surface area contributed by atoms with E-state index in [0.717, 1.165) is 11.1 Å². The van der Waals surface area contributed by atoms with E-state index in [0.29, 0.717) is 22.7 Å². The van der Waals surface area contributed by atoms with Crippen molar-refractivity contribution in [3.63, 3.8) is 0 Å². The lowest BCUT2D eigenvalue weighted by Crippen LogP contribution is -2.59. The fourth-order valence-electron chi connectivity index (χ4n) is 6.03. The quantitative estimate of drug-likeness (QED) is 0.218. The van der Waals surface area contributed by atoms with Crippen molar-refractivity contribution in [2.45, 2.75) is 37.6 Å². The minimum Gasteiger partial charge on any atom is -0.481 e. The highest BCUT2D eigenvalue weighted by Gasteiger charge is 2.57. The fourth-order valence-corrected chi connectivity index (χ4v) is 6.23. The lowest BCUT2D eigenvalue weighted by Gasteiger charge is -2.48. The van der Waals surface area contributed by atoms with Gasteiger partial charge in [0.05, 0.1) is 24.8 Å². The van der Waals surface area contributed by atoms with Crippen LogP contribution in [0.4, 0.5) is 0 Å². The summed E-state index contributed by atoms with van der Waals surface area (Å²) in [6.07, 6.45) is 0.625. The van der Waals surface area contributed by atoms with E-state index in [9.17, 15) is 19.8 Å². The van der Waals surface area contributed by atoms with Gasteiger partial charge in [-0.1, -0.05) is 84.4 Å². The molecule has 5 N–H and O–H groups in total. The molecule has 1 aliphatic heterocycles. The first kappa shape index (κ1) is 29.3. The molecular weight excluding hydrogens is 528 g/mol. The van der Waals surface area contributed by atoms with Crippen LogP contribution < -0.4 is 11.1 Å². The summed E-state index contributed by atoms with van der Waals surface area (Å²) >= 11 is 6.36. The molecule has 3 aromatic rings. The van der Waals surface area contributed by atoms with Gasteiger partial charge in [-0.15, -0.1) is 0 Å². The van der Waals surface area contributed by atoms with Gasteiger partial charge in [0.15, 0.2) is 0 Å². The van der Waals surface area contributed by atoms with Crippen molar-refractivity contribution in [1.82, 2.24) is 5.32 Å². The molecule has 3 aromatic carbocycles. The third-order valence-corrected chi connectivity index (χ3v) is 8.06. The van der Waals surface area contributed by atoms with Crippen molar-refractivity contribution >= 4 is 23.5 Å². The SMILES string of the molecule is CC1=C(C(=O)O)C(c2cccc(Cl)c2)C(CCC(c2ccccc2)c2ccccc2)(C(=O)O)C(COCCN)N1. The number of halogens is 1. The Morgan fingerprint density at radius 1 is 1.00 bits per heavy atom. The highest BCUT2D eigenvalue weighted by Crippen LogP contribution is 2.52. The highest BCUT2D eigenvalue weighted by atomic mass is 35.5. The van der Waals surface area contributed by atoms with Gasteiger partial charge in [0.1, 0.15) is 5.41 Å². The molecule has 0 aliphatic carbocycles. The summed E-state index contributed by atoms with van der Waals surface area (Å²) in [6, 6.07) is 26.0. The monoisotopic (exact) mass is 562 g/mol. The summed E-state index contributed by atoms with van der Waals surface area (Å²) in [6.45, 7) is 2.25. The Bertz CT molecular complexity index is 1310. The molecule has 0 aromatic heterocycles. The second-order valence-corrected chi connectivity index (χ2v) is 10.6. The van der Waals surface area contributed by atoms with Gasteiger partial charge in [0.25, 0.3) is 0 Å². The number of carboxylic acid groups (broad SMARTS) is 2. The van der Waals surface area contributed by atoms with Crippen LogP contribution in [0.25, 0.3) is 0 Å². The number of hydrogen-bond acceptors (Lipinski definition) is 5. The Morgan fingerprint density at radius 2 is 1.62 bits per heavy atom. The lowest BCUT2D eigenvalue weighted by molar-refractivity contribution is -0.155. The summed E-state index contributed by atoms with van der Waals surface area (Å²) in [5, 5.41) is 25.1. The minimum absolute atomic E-state index is 0.00992. The summed E-state index contributed by atoms with van der Waals surface area (Å²) in [5.74, 6) is -3.37. The van der Waals surface area contributed by atoms with Gasteiger partial charge in [0.2, 0.25) is 0 Å². The van der Waals surface area contributed by atoms with E-state index < -0.39 is 29.3 Å². The predicted octanol–water partition coefficient (Wildman–Crippen LogP) is 5.41. The Hall–Kier alpha value is -3.65. The van der Waals surface area contributed by atoms with Crippen molar-refractivity contribution in [2.75, 3.05) is 19.8 Å². The van der Waals surface area contributed by atoms with Crippen molar-refractivity contribution in [2.24, 2.45) is 11.1 Å². The van der Waals surface area contributed by atoms with Crippen molar-refractivity contribution in [3.05, 3.63) is 118 Å². The number of aliphatic carboxylic acids is 2. The number of benzene rings is 3. The second kappa shape index (κ2) is 13.1. The van der Waals surface area contributed by atoms with Crippen molar-refractivity contribution in [1.29, 1.82) is 0 Å². The van der Waals surface area contributed by atoms with Gasteiger partial charge in [-0.05, 0) is 48.6 Å². The van der Waals surface area contributed by atoms with Crippen LogP contribution in [0.15, 0.2) is 96.2 Å². The van der Waals surface area contributed by atoms with Crippen molar-refractivity contribution < 1.29 is 24.5 Å². The number of carbonyl (C=O) groups is 2. The highest BCUT2D eigenvalue weighted by molar-refractivity contribution is 6.30. The molecule has 0 bridgehead atoms. The van der Waals surface area contributed by atoms with Crippen LogP contribution in [0.1, 0.15) is 48.3 Å². The molecule has 8 heteroatoms. The molecule has 1 aliphatic rings. The number of allylic oxidation sites excluding steroid dienone is 1. The molecule has 3 atom stereocenters. The third kappa shape index (κ3) is 6.07. The van der Waals surface area contributed by atoms with Gasteiger partial charge >= 0.3 is 11.9 Å². The van der Waals surface area contributed by atoms with E-state index in [1.807, 2.05) is 60.7 Å². The number of carboxylic acids is 2. The maximum Gasteiger partial charge on any atom is 0.333 e. The zero-order chi connectivity index (χ0) is 28.7. The van der Waals surface area contributed by atoms with Gasteiger partial charge in [-0.25, -0.2) is 4.79 Å². The standard InChI is InChI=1S/C32H35ClN2O5/c1-21-28(30(36)37)29(24-13-8-14-25(33)19-24)32(31(38)39,27(35-21)20-40-18-17-34)16-15-26(22-9-4-2-5-10-22)23-11-6-3-7-12-23/h2-14,19,26-27,29,35H,15-18,20,34H2,1H3,(H,36,37)(H,38,39). The topological polar surface area (TPSA) is 122 Å². The summed E-state index contributed by atoms with van der Waals surface area (Å²) in [5.41, 5.74) is 7.14. The molecule has 0 amide bonds. The Labute approximate surface area is 239 Å². The van der Waals surface area contributed by atoms with E-state index in [2.05, 4.69) is 5.32 Å². The average Bonchev–Trinajstić information content (AvgIpc) is 2.94. The third-order valence-electron chi connectivity index (χ3n) is 7.83. The zero-order valence-corrected chi connectivity index (χ0v) is 23.2. The summed E-state index contributed by atoms with van der Waals surface area (Å²) in [7, 11) is 0. The molecule has 210 valence electrons. The smallest absolute Gasteiger partial charge is 0.333 e. The largest absolute Gasteiger partial charge is 0.481 e. The molecule has 0 radical (unpaired) electrons. The normalized spacial score (nSPS) is 20.8. The molecule has 0 spiro atoms. The van der Waals surface area contributed by atoms with Crippen molar-refractivity contribution in [3.8, 4) is 0 Å². The van der Waals surface area contributed by atoms with Gasteiger partial charge in [-0.3, -0.25) is 4.79 Å². The van der Waals surface area contributed by atoms with Gasteiger partial charge in [0, 0.05) is 29.1 Å². The molecule has 4 rings (SSSR count). The molecular formula is C32H35ClN2O5. The molecule has 0 saturated carbocycles. The van der Waals surface area contributed by atoms with E-state index in [-0.39, 0.29) is 37.7 Å². The van der Waals surface area contributed by atoms with Crippen LogP contribution in [-0.4, -0.2) is 48.0 Å². The number of ether oxygens (including phenoxy) is 1. The summed E-state index contributed by atoms with van der Waals surface area (Å²) in [4.78, 5) is 26.3. The molecule has 0 fully saturated rings. The first-order valence-electron chi connectivity index (χ1n) is 13.4. The fraction of sp³-hybridized carbons (Fsp3) is 0.312. The van der Waals surface area contributed by atoms with E-state index >= 15 is 0 Å². The van der Waals surface area contributed by atoms with Crippen LogP contribution in [0.5, 0.6) is 0 Å². The van der Waals surface area contributed by atoms with Crippen LogP contribution in [0.2, 0.25) is 5.02 Å². The van der Waals surface area contributed by atoms with Crippen LogP contribution in [0, 0.1) is 5.41 Å². The van der Waals surface area contributed by atoms with E-state index in [1.54, 1.807) is 31.2 Å². The first-order chi connectivity index (χ1) is 19.3. The Kier molecular flexibility index (Phi) is 9.63. The average molecular weight is 563 g/mol. The predicted molar refractivity (Wildman–Crippen MR) is 155 cm³/mol. The lowest BCUT2D eigenvalue weighted by atomic mass is 9.59. The molecule has 40 heavy (non-hydrogen) atoms. The summed E-state index contributed by atoms with van der Waals surface area (Å²) < 4.78 is 5.81. The maximum atomic E-state index is 13.6. The number of rotatable bonds is 12. The molecule has 3 unspecified atom stereocenters. The first-order valence-corrected chi connectivity index (χ1v) is 13.7. The molecule has 0 saturated heterocycles. The molecule has 7 nitrogen and oxygen atoms in total. The number of nitrogens with one attached hydrogen (secondary N) is 1. The van der Waals surface area contributed by atoms with Crippen LogP contribution >= 0.6 is 11.6 Å². The molecule has 1 heterocycles. The maximum absolute atomic E-state index is 13.6. The number of nitrogens with two attached hydrogens (primary N) is 1. The van der Waals surface area contributed by atoms with Gasteiger partial charge < -0.3 is 26.0 Å². The minimum atomic E-state index is -1.58. The van der Waals surface area contributed by atoms with Crippen LogP contribution in [0.3, 0.4) is 0 Å². The van der Waals surface area contributed by atoms with E-state index in [4.69, 9.17) is 22.1 Å².